The lowest BCUT2D eigenvalue weighted by Crippen LogP contribution is -2.23. The van der Waals surface area contributed by atoms with Crippen molar-refractivity contribution in [3.8, 4) is 5.75 Å². The van der Waals surface area contributed by atoms with Crippen LogP contribution < -0.4 is 4.74 Å². The van der Waals surface area contributed by atoms with Crippen LogP contribution in [-0.4, -0.2) is 36.0 Å². The predicted molar refractivity (Wildman–Crippen MR) is 74.7 cm³/mol. The molecule has 1 heterocycles. The highest BCUT2D eigenvalue weighted by Crippen LogP contribution is 2.29. The number of hydrogen-bond donors (Lipinski definition) is 1. The zero-order chi connectivity index (χ0) is 13.7. The van der Waals surface area contributed by atoms with Gasteiger partial charge in [0, 0.05) is 18.2 Å². The molecule has 0 saturated carbocycles. The van der Waals surface area contributed by atoms with E-state index in [0.29, 0.717) is 22.9 Å². The number of ether oxygens (including phenoxy) is 2. The van der Waals surface area contributed by atoms with Gasteiger partial charge in [-0.25, -0.2) is 0 Å². The van der Waals surface area contributed by atoms with Crippen LogP contribution in [0.15, 0.2) is 30.5 Å². The minimum absolute atomic E-state index is 0.160. The first-order valence-electron chi connectivity index (χ1n) is 6.14. The zero-order valence-corrected chi connectivity index (χ0v) is 11.4. The summed E-state index contributed by atoms with van der Waals surface area (Å²) in [5, 5.41) is 11.1. The second-order valence-electron chi connectivity index (χ2n) is 4.07. The van der Waals surface area contributed by atoms with Gasteiger partial charge in [0.1, 0.15) is 24.0 Å². The second-order valence-corrected chi connectivity index (χ2v) is 4.48. The van der Waals surface area contributed by atoms with Gasteiger partial charge in [-0.3, -0.25) is 4.98 Å². The van der Waals surface area contributed by atoms with E-state index < -0.39 is 6.10 Å². The van der Waals surface area contributed by atoms with Crippen molar-refractivity contribution in [2.75, 3.05) is 19.8 Å². The van der Waals surface area contributed by atoms with Crippen LogP contribution in [-0.2, 0) is 4.74 Å². The summed E-state index contributed by atoms with van der Waals surface area (Å²) < 4.78 is 10.7. The van der Waals surface area contributed by atoms with E-state index in [0.717, 1.165) is 5.39 Å². The van der Waals surface area contributed by atoms with E-state index in [9.17, 15) is 5.11 Å². The highest BCUT2D eigenvalue weighted by atomic mass is 35.5. The Bertz CT molecular complexity index is 547. The summed E-state index contributed by atoms with van der Waals surface area (Å²) in [7, 11) is 0. The van der Waals surface area contributed by atoms with Crippen molar-refractivity contribution in [2.45, 2.75) is 13.0 Å². The molecule has 0 spiro atoms. The Morgan fingerprint density at radius 1 is 1.32 bits per heavy atom. The molecule has 1 atom stereocenters. The Hall–Kier alpha value is -1.36. The molecule has 0 saturated heterocycles. The molecule has 0 bridgehead atoms. The summed E-state index contributed by atoms with van der Waals surface area (Å²) in [4.78, 5) is 4.26. The van der Waals surface area contributed by atoms with E-state index in [1.54, 1.807) is 18.3 Å². The van der Waals surface area contributed by atoms with Crippen LogP contribution in [0.4, 0.5) is 0 Å². The van der Waals surface area contributed by atoms with Crippen molar-refractivity contribution in [2.24, 2.45) is 0 Å². The molecule has 0 aliphatic carbocycles. The number of aromatic nitrogens is 1. The lowest BCUT2D eigenvalue weighted by molar-refractivity contribution is 0.0167. The van der Waals surface area contributed by atoms with Crippen molar-refractivity contribution in [1.82, 2.24) is 4.98 Å². The SMILES string of the molecule is CCOCC(O)COc1ccc(Cl)c2cccnc12. The first kappa shape index (κ1) is 14.1. The van der Waals surface area contributed by atoms with Gasteiger partial charge in [0.05, 0.1) is 11.6 Å². The molecule has 1 N–H and O–H groups in total. The van der Waals surface area contributed by atoms with Crippen molar-refractivity contribution < 1.29 is 14.6 Å². The monoisotopic (exact) mass is 281 g/mol. The Balaban J connectivity index is 2.11. The zero-order valence-electron chi connectivity index (χ0n) is 10.7. The van der Waals surface area contributed by atoms with Crippen LogP contribution in [0.2, 0.25) is 5.02 Å². The fourth-order valence-electron chi connectivity index (χ4n) is 1.72. The number of benzene rings is 1. The Labute approximate surface area is 116 Å². The number of pyridine rings is 1. The first-order chi connectivity index (χ1) is 9.22. The molecule has 0 amide bonds. The topological polar surface area (TPSA) is 51.6 Å². The molecule has 1 aromatic heterocycles. The quantitative estimate of drug-likeness (QED) is 0.884. The molecule has 0 radical (unpaired) electrons. The number of rotatable bonds is 6. The second kappa shape index (κ2) is 6.70. The first-order valence-corrected chi connectivity index (χ1v) is 6.52. The van der Waals surface area contributed by atoms with Crippen molar-refractivity contribution in [3.63, 3.8) is 0 Å². The van der Waals surface area contributed by atoms with Crippen LogP contribution in [0.5, 0.6) is 5.75 Å². The van der Waals surface area contributed by atoms with E-state index in [-0.39, 0.29) is 13.2 Å². The standard InChI is InChI=1S/C14H16ClNO3/c1-2-18-8-10(17)9-19-13-6-5-12(15)11-4-3-7-16-14(11)13/h3-7,10,17H,2,8-9H2,1H3. The van der Waals surface area contributed by atoms with Gasteiger partial charge in [-0.2, -0.15) is 0 Å². The van der Waals surface area contributed by atoms with E-state index >= 15 is 0 Å². The third-order valence-corrected chi connectivity index (χ3v) is 2.95. The molecule has 0 aliphatic heterocycles. The molecule has 2 aromatic rings. The maximum atomic E-state index is 9.67. The normalized spacial score (nSPS) is 12.6. The molecular weight excluding hydrogens is 266 g/mol. The molecule has 0 aliphatic rings. The van der Waals surface area contributed by atoms with Crippen molar-refractivity contribution in [1.29, 1.82) is 0 Å². The Morgan fingerprint density at radius 2 is 2.16 bits per heavy atom. The van der Waals surface area contributed by atoms with Crippen LogP contribution in [0, 0.1) is 0 Å². The number of hydrogen-bond acceptors (Lipinski definition) is 4. The minimum Gasteiger partial charge on any atom is -0.489 e. The summed E-state index contributed by atoms with van der Waals surface area (Å²) in [6.45, 7) is 2.87. The average Bonchev–Trinajstić information content (AvgIpc) is 2.45. The number of aliphatic hydroxyl groups is 1. The van der Waals surface area contributed by atoms with E-state index in [2.05, 4.69) is 4.98 Å². The van der Waals surface area contributed by atoms with Gasteiger partial charge in [-0.05, 0) is 31.2 Å². The van der Waals surface area contributed by atoms with Gasteiger partial charge in [0.2, 0.25) is 0 Å². The minimum atomic E-state index is -0.658. The molecule has 2 rings (SSSR count). The third kappa shape index (κ3) is 3.56. The predicted octanol–water partition coefficient (Wildman–Crippen LogP) is 2.66. The molecular formula is C14H16ClNO3. The maximum Gasteiger partial charge on any atom is 0.145 e. The Morgan fingerprint density at radius 3 is 2.95 bits per heavy atom. The van der Waals surface area contributed by atoms with E-state index in [1.807, 2.05) is 19.1 Å². The largest absolute Gasteiger partial charge is 0.489 e. The fourth-order valence-corrected chi connectivity index (χ4v) is 1.93. The molecule has 5 heteroatoms. The van der Waals surface area contributed by atoms with Gasteiger partial charge in [0.25, 0.3) is 0 Å². The summed E-state index contributed by atoms with van der Waals surface area (Å²) >= 11 is 6.10. The van der Waals surface area contributed by atoms with Gasteiger partial charge < -0.3 is 14.6 Å². The van der Waals surface area contributed by atoms with E-state index in [4.69, 9.17) is 21.1 Å². The third-order valence-electron chi connectivity index (χ3n) is 2.63. The lowest BCUT2D eigenvalue weighted by atomic mass is 10.2. The number of halogens is 1. The highest BCUT2D eigenvalue weighted by molar-refractivity contribution is 6.35. The van der Waals surface area contributed by atoms with Crippen LogP contribution in [0.1, 0.15) is 6.92 Å². The molecule has 4 nitrogen and oxygen atoms in total. The molecule has 0 fully saturated rings. The highest BCUT2D eigenvalue weighted by Gasteiger charge is 2.09. The summed E-state index contributed by atoms with van der Waals surface area (Å²) in [5.41, 5.74) is 0.693. The number of nitrogens with zero attached hydrogens (tertiary/aromatic N) is 1. The lowest BCUT2D eigenvalue weighted by Gasteiger charge is -2.13. The van der Waals surface area contributed by atoms with Gasteiger partial charge in [-0.1, -0.05) is 11.6 Å². The van der Waals surface area contributed by atoms with Crippen molar-refractivity contribution >= 4 is 22.5 Å². The summed E-state index contributed by atoms with van der Waals surface area (Å²) in [5.74, 6) is 0.607. The van der Waals surface area contributed by atoms with E-state index in [1.165, 1.54) is 0 Å². The Kier molecular flexibility index (Phi) is 4.96. The van der Waals surface area contributed by atoms with Gasteiger partial charge in [0.15, 0.2) is 0 Å². The smallest absolute Gasteiger partial charge is 0.145 e. The maximum absolute atomic E-state index is 9.67. The van der Waals surface area contributed by atoms with Gasteiger partial charge >= 0.3 is 0 Å². The fraction of sp³-hybridized carbons (Fsp3) is 0.357. The molecule has 102 valence electrons. The molecule has 1 aromatic carbocycles. The number of aliphatic hydroxyl groups excluding tert-OH is 1. The summed E-state index contributed by atoms with van der Waals surface area (Å²) in [6, 6.07) is 7.22. The van der Waals surface area contributed by atoms with Crippen molar-refractivity contribution in [3.05, 3.63) is 35.5 Å². The average molecular weight is 282 g/mol. The van der Waals surface area contributed by atoms with Crippen LogP contribution in [0.3, 0.4) is 0 Å². The van der Waals surface area contributed by atoms with Gasteiger partial charge in [-0.15, -0.1) is 0 Å². The van der Waals surface area contributed by atoms with Crippen LogP contribution >= 0.6 is 11.6 Å². The summed E-state index contributed by atoms with van der Waals surface area (Å²) in [6.07, 6.45) is 1.02. The molecule has 19 heavy (non-hydrogen) atoms. The van der Waals surface area contributed by atoms with Crippen LogP contribution in [0.25, 0.3) is 10.9 Å². The molecule has 1 unspecified atom stereocenters. The number of fused-ring (bicyclic) bond motifs is 1.